The molecule has 2 fully saturated rings. The Morgan fingerprint density at radius 3 is 2.00 bits per heavy atom. The van der Waals surface area contributed by atoms with E-state index in [0.29, 0.717) is 45.2 Å². The highest BCUT2D eigenvalue weighted by atomic mass is 16.4. The fraction of sp³-hybridized carbons (Fsp3) is 0.448. The van der Waals surface area contributed by atoms with Gasteiger partial charge in [-0.25, -0.2) is 4.79 Å². The highest BCUT2D eigenvalue weighted by Gasteiger charge is 2.43. The Hall–Kier alpha value is -3.72. The van der Waals surface area contributed by atoms with Crippen LogP contribution in [0.3, 0.4) is 0 Å². The Morgan fingerprint density at radius 2 is 1.39 bits per heavy atom. The number of hydrogen-bond donors (Lipinski definition) is 3. The van der Waals surface area contributed by atoms with Gasteiger partial charge in [-0.15, -0.1) is 0 Å². The van der Waals surface area contributed by atoms with Crippen molar-refractivity contribution in [1.29, 1.82) is 0 Å². The van der Waals surface area contributed by atoms with Crippen molar-refractivity contribution in [2.24, 2.45) is 5.73 Å². The highest BCUT2D eigenvalue weighted by Crippen LogP contribution is 2.26. The van der Waals surface area contributed by atoms with Gasteiger partial charge in [-0.05, 0) is 43.2 Å². The van der Waals surface area contributed by atoms with Crippen LogP contribution in [0.15, 0.2) is 60.7 Å². The second-order valence-electron chi connectivity index (χ2n) is 10.2. The number of benzene rings is 2. The Kier molecular flexibility index (Phi) is 9.12. The van der Waals surface area contributed by atoms with Gasteiger partial charge in [0.2, 0.25) is 17.7 Å². The fourth-order valence-corrected chi connectivity index (χ4v) is 5.50. The molecule has 38 heavy (non-hydrogen) atoms. The summed E-state index contributed by atoms with van der Waals surface area (Å²) in [6, 6.07) is 16.2. The number of nitrogens with zero attached hydrogens (tertiary/aromatic N) is 2. The van der Waals surface area contributed by atoms with Crippen molar-refractivity contribution in [2.45, 2.75) is 69.1 Å². The molecule has 0 saturated carbocycles. The molecule has 9 nitrogen and oxygen atoms in total. The predicted octanol–water partition coefficient (Wildman–Crippen LogP) is 1.74. The molecule has 0 unspecified atom stereocenters. The van der Waals surface area contributed by atoms with Crippen LogP contribution >= 0.6 is 0 Å². The second kappa shape index (κ2) is 12.7. The van der Waals surface area contributed by atoms with E-state index >= 15 is 0 Å². The van der Waals surface area contributed by atoms with Crippen LogP contribution in [0.4, 0.5) is 0 Å². The van der Waals surface area contributed by atoms with Crippen molar-refractivity contribution >= 4 is 23.7 Å². The first-order chi connectivity index (χ1) is 18.3. The van der Waals surface area contributed by atoms with Crippen molar-refractivity contribution in [3.05, 3.63) is 71.8 Å². The molecule has 4 rings (SSSR count). The first-order valence-corrected chi connectivity index (χ1v) is 13.3. The van der Waals surface area contributed by atoms with Crippen molar-refractivity contribution in [3.63, 3.8) is 0 Å². The Labute approximate surface area is 223 Å². The standard InChI is InChI=1S/C29H36N4O5/c30-22(17-20-9-3-1-4-10-20)19-26(34)31-23(18-21-11-5-2-6-12-21)27(35)32-15-7-13-24(32)28(36)33-16-8-14-25(33)29(37)38/h1-6,9-12,22-25H,7-8,13-19,30H2,(H,31,34)(H,37,38)/t22-,23-,24+,25-/m0/s1. The number of carboxylic acids is 1. The second-order valence-corrected chi connectivity index (χ2v) is 10.2. The first kappa shape index (κ1) is 27.3. The van der Waals surface area contributed by atoms with E-state index in [-0.39, 0.29) is 30.6 Å². The number of likely N-dealkylation sites (tertiary alicyclic amines) is 2. The quantitative estimate of drug-likeness (QED) is 0.437. The number of carbonyl (C=O) groups excluding carboxylic acids is 3. The van der Waals surface area contributed by atoms with Gasteiger partial charge < -0.3 is 26.0 Å². The average Bonchev–Trinajstić information content (AvgIpc) is 3.59. The van der Waals surface area contributed by atoms with E-state index in [1.54, 1.807) is 0 Å². The number of amides is 3. The zero-order valence-corrected chi connectivity index (χ0v) is 21.5. The fourth-order valence-electron chi connectivity index (χ4n) is 5.50. The summed E-state index contributed by atoms with van der Waals surface area (Å²) >= 11 is 0. The third-order valence-corrected chi connectivity index (χ3v) is 7.35. The first-order valence-electron chi connectivity index (χ1n) is 13.3. The molecule has 0 aliphatic carbocycles. The maximum Gasteiger partial charge on any atom is 0.326 e. The van der Waals surface area contributed by atoms with Crippen LogP contribution in [0.1, 0.15) is 43.2 Å². The minimum absolute atomic E-state index is 0.0594. The molecule has 202 valence electrons. The van der Waals surface area contributed by atoms with Gasteiger partial charge in [0.15, 0.2) is 0 Å². The lowest BCUT2D eigenvalue weighted by Crippen LogP contribution is -2.56. The monoisotopic (exact) mass is 520 g/mol. The number of rotatable bonds is 10. The molecule has 0 bridgehead atoms. The van der Waals surface area contributed by atoms with Crippen LogP contribution in [0.25, 0.3) is 0 Å². The Morgan fingerprint density at radius 1 is 0.842 bits per heavy atom. The summed E-state index contributed by atoms with van der Waals surface area (Å²) in [7, 11) is 0. The summed E-state index contributed by atoms with van der Waals surface area (Å²) in [5.41, 5.74) is 8.16. The summed E-state index contributed by atoms with van der Waals surface area (Å²) in [4.78, 5) is 54.7. The number of nitrogens with one attached hydrogen (secondary N) is 1. The Balaban J connectivity index is 1.46. The van der Waals surface area contributed by atoms with Gasteiger partial charge in [0.25, 0.3) is 0 Å². The van der Waals surface area contributed by atoms with Gasteiger partial charge in [-0.3, -0.25) is 14.4 Å². The van der Waals surface area contributed by atoms with Crippen LogP contribution in [0, 0.1) is 0 Å². The maximum absolute atomic E-state index is 13.8. The Bertz CT molecular complexity index is 1130. The lowest BCUT2D eigenvalue weighted by Gasteiger charge is -2.32. The van der Waals surface area contributed by atoms with Gasteiger partial charge >= 0.3 is 5.97 Å². The van der Waals surface area contributed by atoms with Crippen LogP contribution < -0.4 is 11.1 Å². The van der Waals surface area contributed by atoms with Crippen LogP contribution in [0.2, 0.25) is 0 Å². The van der Waals surface area contributed by atoms with Gasteiger partial charge in [-0.1, -0.05) is 60.7 Å². The van der Waals surface area contributed by atoms with E-state index in [4.69, 9.17) is 5.73 Å². The molecule has 2 aromatic rings. The minimum atomic E-state index is -1.02. The average molecular weight is 521 g/mol. The summed E-state index contributed by atoms with van der Waals surface area (Å²) in [6.07, 6.45) is 3.02. The van der Waals surface area contributed by atoms with Crippen LogP contribution in [0.5, 0.6) is 0 Å². The lowest BCUT2D eigenvalue weighted by molar-refractivity contribution is -0.152. The molecule has 4 atom stereocenters. The molecular weight excluding hydrogens is 484 g/mol. The van der Waals surface area contributed by atoms with Crippen molar-refractivity contribution in [2.75, 3.05) is 13.1 Å². The molecule has 2 aliphatic heterocycles. The molecule has 0 spiro atoms. The molecule has 2 heterocycles. The number of nitrogens with two attached hydrogens (primary N) is 1. The minimum Gasteiger partial charge on any atom is -0.480 e. The number of aliphatic carboxylic acids is 1. The largest absolute Gasteiger partial charge is 0.480 e. The summed E-state index contributed by atoms with van der Waals surface area (Å²) in [5.74, 6) is -2.00. The number of hydrogen-bond acceptors (Lipinski definition) is 5. The summed E-state index contributed by atoms with van der Waals surface area (Å²) < 4.78 is 0. The lowest BCUT2D eigenvalue weighted by atomic mass is 10.0. The summed E-state index contributed by atoms with van der Waals surface area (Å²) in [5, 5.41) is 12.4. The highest BCUT2D eigenvalue weighted by molar-refractivity contribution is 5.94. The molecule has 2 aliphatic rings. The molecule has 9 heteroatoms. The van der Waals surface area contributed by atoms with E-state index < -0.39 is 30.1 Å². The van der Waals surface area contributed by atoms with Crippen molar-refractivity contribution in [1.82, 2.24) is 15.1 Å². The molecule has 3 amide bonds. The van der Waals surface area contributed by atoms with Gasteiger partial charge in [0, 0.05) is 32.0 Å². The van der Waals surface area contributed by atoms with E-state index in [0.717, 1.165) is 11.1 Å². The third kappa shape index (κ3) is 6.77. The van der Waals surface area contributed by atoms with Crippen molar-refractivity contribution in [3.8, 4) is 0 Å². The smallest absolute Gasteiger partial charge is 0.326 e. The van der Waals surface area contributed by atoms with Crippen LogP contribution in [-0.4, -0.2) is 75.9 Å². The zero-order chi connectivity index (χ0) is 27.1. The predicted molar refractivity (Wildman–Crippen MR) is 142 cm³/mol. The number of carboxylic acid groups (broad SMARTS) is 1. The molecule has 2 saturated heterocycles. The maximum atomic E-state index is 13.8. The van der Waals surface area contributed by atoms with E-state index in [9.17, 15) is 24.3 Å². The normalized spacial score (nSPS) is 20.7. The topological polar surface area (TPSA) is 133 Å². The zero-order valence-electron chi connectivity index (χ0n) is 21.5. The van der Waals surface area contributed by atoms with E-state index in [2.05, 4.69) is 5.32 Å². The molecule has 2 aromatic carbocycles. The van der Waals surface area contributed by atoms with Crippen LogP contribution in [-0.2, 0) is 32.0 Å². The third-order valence-electron chi connectivity index (χ3n) is 7.35. The molecule has 0 radical (unpaired) electrons. The van der Waals surface area contributed by atoms with Gasteiger partial charge in [-0.2, -0.15) is 0 Å². The van der Waals surface area contributed by atoms with Gasteiger partial charge in [0.1, 0.15) is 18.1 Å². The van der Waals surface area contributed by atoms with E-state index in [1.165, 1.54) is 9.80 Å². The molecular formula is C29H36N4O5. The molecule has 0 aromatic heterocycles. The SMILES string of the molecule is N[C@H](CC(=O)N[C@@H](Cc1ccccc1)C(=O)N1CCC[C@@H]1C(=O)N1CCC[C@H]1C(=O)O)Cc1ccccc1. The van der Waals surface area contributed by atoms with Gasteiger partial charge in [0.05, 0.1) is 0 Å². The van der Waals surface area contributed by atoms with E-state index in [1.807, 2.05) is 60.7 Å². The number of carbonyl (C=O) groups is 4. The molecule has 4 N–H and O–H groups in total. The van der Waals surface area contributed by atoms with Crippen molar-refractivity contribution < 1.29 is 24.3 Å². The summed E-state index contributed by atoms with van der Waals surface area (Å²) in [6.45, 7) is 0.757.